The lowest BCUT2D eigenvalue weighted by molar-refractivity contribution is -0.116. The van der Waals surface area contributed by atoms with Crippen LogP contribution in [0.15, 0.2) is 24.3 Å². The molecule has 0 aliphatic rings. The lowest BCUT2D eigenvalue weighted by Gasteiger charge is -2.10. The standard InChI is InChI=1S/C13H20N2O/c1-9(2)11-5-4-6-12(8-11)15-13(16)7-10(3)14/h4-6,8-10H,7,14H2,1-3H3,(H,15,16). The second-order valence-electron chi connectivity index (χ2n) is 4.51. The Labute approximate surface area is 97.0 Å². The Morgan fingerprint density at radius 2 is 2.06 bits per heavy atom. The fourth-order valence-corrected chi connectivity index (χ4v) is 1.48. The molecule has 3 heteroatoms. The van der Waals surface area contributed by atoms with E-state index in [-0.39, 0.29) is 11.9 Å². The van der Waals surface area contributed by atoms with Crippen molar-refractivity contribution in [1.82, 2.24) is 0 Å². The molecule has 0 spiro atoms. The molecule has 0 heterocycles. The minimum atomic E-state index is -0.103. The summed E-state index contributed by atoms with van der Waals surface area (Å²) in [5, 5.41) is 2.85. The number of hydrogen-bond donors (Lipinski definition) is 2. The Bertz CT molecular complexity index is 359. The van der Waals surface area contributed by atoms with E-state index < -0.39 is 0 Å². The van der Waals surface area contributed by atoms with Crippen LogP contribution in [0.4, 0.5) is 5.69 Å². The van der Waals surface area contributed by atoms with Gasteiger partial charge >= 0.3 is 0 Å². The van der Waals surface area contributed by atoms with Gasteiger partial charge in [-0.2, -0.15) is 0 Å². The van der Waals surface area contributed by atoms with Crippen LogP contribution >= 0.6 is 0 Å². The molecule has 0 saturated heterocycles. The molecule has 0 aromatic heterocycles. The first-order chi connectivity index (χ1) is 7.49. The molecule has 0 aliphatic heterocycles. The number of hydrogen-bond acceptors (Lipinski definition) is 2. The van der Waals surface area contributed by atoms with E-state index in [1.54, 1.807) is 0 Å². The van der Waals surface area contributed by atoms with Crippen LogP contribution < -0.4 is 11.1 Å². The molecule has 16 heavy (non-hydrogen) atoms. The first-order valence-electron chi connectivity index (χ1n) is 5.64. The predicted octanol–water partition coefficient (Wildman–Crippen LogP) is 2.49. The van der Waals surface area contributed by atoms with E-state index in [0.29, 0.717) is 12.3 Å². The van der Waals surface area contributed by atoms with Crippen LogP contribution in [0.25, 0.3) is 0 Å². The van der Waals surface area contributed by atoms with Gasteiger partial charge in [-0.15, -0.1) is 0 Å². The molecule has 88 valence electrons. The van der Waals surface area contributed by atoms with E-state index in [1.165, 1.54) is 5.56 Å². The minimum absolute atomic E-state index is 0.0316. The van der Waals surface area contributed by atoms with E-state index in [4.69, 9.17) is 5.73 Å². The topological polar surface area (TPSA) is 55.1 Å². The van der Waals surface area contributed by atoms with E-state index in [1.807, 2.05) is 25.1 Å². The molecule has 1 aromatic carbocycles. The highest BCUT2D eigenvalue weighted by molar-refractivity contribution is 5.91. The summed E-state index contributed by atoms with van der Waals surface area (Å²) in [5.74, 6) is 0.432. The highest BCUT2D eigenvalue weighted by Crippen LogP contribution is 2.18. The molecule has 1 rings (SSSR count). The molecule has 1 unspecified atom stereocenters. The average Bonchev–Trinajstić information content (AvgIpc) is 2.16. The Kier molecular flexibility index (Phi) is 4.50. The summed E-state index contributed by atoms with van der Waals surface area (Å²) in [5.41, 5.74) is 7.63. The summed E-state index contributed by atoms with van der Waals surface area (Å²) in [4.78, 5) is 11.5. The van der Waals surface area contributed by atoms with Gasteiger partial charge < -0.3 is 11.1 Å². The number of benzene rings is 1. The van der Waals surface area contributed by atoms with E-state index in [2.05, 4.69) is 25.2 Å². The van der Waals surface area contributed by atoms with E-state index in [9.17, 15) is 4.79 Å². The molecule has 0 aliphatic carbocycles. The van der Waals surface area contributed by atoms with Crippen molar-refractivity contribution in [2.75, 3.05) is 5.32 Å². The van der Waals surface area contributed by atoms with Gasteiger partial charge in [-0.05, 0) is 30.5 Å². The molecule has 0 bridgehead atoms. The second-order valence-corrected chi connectivity index (χ2v) is 4.51. The van der Waals surface area contributed by atoms with Crippen LogP contribution in [0.3, 0.4) is 0 Å². The van der Waals surface area contributed by atoms with Crippen LogP contribution in [0.1, 0.15) is 38.7 Å². The van der Waals surface area contributed by atoms with Crippen molar-refractivity contribution in [2.45, 2.75) is 39.2 Å². The molecule has 0 radical (unpaired) electrons. The molecule has 0 fully saturated rings. The molecular formula is C13H20N2O. The largest absolute Gasteiger partial charge is 0.327 e. The summed E-state index contributed by atoms with van der Waals surface area (Å²) in [7, 11) is 0. The lowest BCUT2D eigenvalue weighted by atomic mass is 10.0. The van der Waals surface area contributed by atoms with Crippen molar-refractivity contribution < 1.29 is 4.79 Å². The summed E-state index contributed by atoms with van der Waals surface area (Å²) >= 11 is 0. The van der Waals surface area contributed by atoms with Gasteiger partial charge in [-0.3, -0.25) is 4.79 Å². The maximum Gasteiger partial charge on any atom is 0.225 e. The van der Waals surface area contributed by atoms with Crippen molar-refractivity contribution in [1.29, 1.82) is 0 Å². The van der Waals surface area contributed by atoms with E-state index >= 15 is 0 Å². The molecule has 1 atom stereocenters. The SMILES string of the molecule is CC(N)CC(=O)Nc1cccc(C(C)C)c1. The third-order valence-corrected chi connectivity index (χ3v) is 2.34. The van der Waals surface area contributed by atoms with Gasteiger partial charge in [0.1, 0.15) is 0 Å². The number of nitrogens with one attached hydrogen (secondary N) is 1. The number of carbonyl (C=O) groups excluding carboxylic acids is 1. The van der Waals surface area contributed by atoms with Crippen molar-refractivity contribution in [2.24, 2.45) is 5.73 Å². The summed E-state index contributed by atoms with van der Waals surface area (Å²) < 4.78 is 0. The fraction of sp³-hybridized carbons (Fsp3) is 0.462. The quantitative estimate of drug-likeness (QED) is 0.819. The van der Waals surface area contributed by atoms with Crippen molar-refractivity contribution >= 4 is 11.6 Å². The molecule has 0 saturated carbocycles. The maximum absolute atomic E-state index is 11.5. The van der Waals surface area contributed by atoms with Crippen LogP contribution in [0, 0.1) is 0 Å². The lowest BCUT2D eigenvalue weighted by Crippen LogP contribution is -2.24. The first kappa shape index (κ1) is 12.7. The summed E-state index contributed by atoms with van der Waals surface area (Å²) in [6.07, 6.45) is 0.353. The zero-order valence-electron chi connectivity index (χ0n) is 10.2. The number of rotatable bonds is 4. The average molecular weight is 220 g/mol. The highest BCUT2D eigenvalue weighted by atomic mass is 16.1. The minimum Gasteiger partial charge on any atom is -0.327 e. The van der Waals surface area contributed by atoms with Crippen LogP contribution in [0.2, 0.25) is 0 Å². The van der Waals surface area contributed by atoms with Gasteiger partial charge in [0, 0.05) is 18.2 Å². The van der Waals surface area contributed by atoms with Gasteiger partial charge in [0.15, 0.2) is 0 Å². The van der Waals surface area contributed by atoms with Gasteiger partial charge in [0.05, 0.1) is 0 Å². The smallest absolute Gasteiger partial charge is 0.225 e. The van der Waals surface area contributed by atoms with Gasteiger partial charge in [0.2, 0.25) is 5.91 Å². The molecular weight excluding hydrogens is 200 g/mol. The maximum atomic E-state index is 11.5. The Balaban J connectivity index is 2.67. The monoisotopic (exact) mass is 220 g/mol. The zero-order chi connectivity index (χ0) is 12.1. The summed E-state index contributed by atoms with van der Waals surface area (Å²) in [6.45, 7) is 6.08. The normalized spacial score (nSPS) is 12.6. The van der Waals surface area contributed by atoms with E-state index in [0.717, 1.165) is 5.69 Å². The number of carbonyl (C=O) groups is 1. The molecule has 3 nitrogen and oxygen atoms in total. The number of anilines is 1. The van der Waals surface area contributed by atoms with Crippen LogP contribution in [0.5, 0.6) is 0 Å². The molecule has 1 amide bonds. The Morgan fingerprint density at radius 1 is 1.38 bits per heavy atom. The number of amides is 1. The van der Waals surface area contributed by atoms with Crippen molar-refractivity contribution in [3.63, 3.8) is 0 Å². The molecule has 1 aromatic rings. The van der Waals surface area contributed by atoms with Gasteiger partial charge in [0.25, 0.3) is 0 Å². The van der Waals surface area contributed by atoms with Crippen molar-refractivity contribution in [3.05, 3.63) is 29.8 Å². The van der Waals surface area contributed by atoms with Crippen molar-refractivity contribution in [3.8, 4) is 0 Å². The fourth-order valence-electron chi connectivity index (χ4n) is 1.48. The number of nitrogens with two attached hydrogens (primary N) is 1. The second kappa shape index (κ2) is 5.66. The van der Waals surface area contributed by atoms with Gasteiger partial charge in [-0.25, -0.2) is 0 Å². The first-order valence-corrected chi connectivity index (χ1v) is 5.64. The summed E-state index contributed by atoms with van der Waals surface area (Å²) in [6, 6.07) is 7.81. The third kappa shape index (κ3) is 4.03. The third-order valence-electron chi connectivity index (χ3n) is 2.34. The highest BCUT2D eigenvalue weighted by Gasteiger charge is 2.06. The van der Waals surface area contributed by atoms with Gasteiger partial charge in [-0.1, -0.05) is 26.0 Å². The molecule has 3 N–H and O–H groups in total. The van der Waals surface area contributed by atoms with Crippen LogP contribution in [-0.2, 0) is 4.79 Å². The zero-order valence-corrected chi connectivity index (χ0v) is 10.2. The Hall–Kier alpha value is -1.35. The predicted molar refractivity (Wildman–Crippen MR) is 67.4 cm³/mol. The Morgan fingerprint density at radius 3 is 2.62 bits per heavy atom. The van der Waals surface area contributed by atoms with Crippen LogP contribution in [-0.4, -0.2) is 11.9 Å².